The third-order valence-corrected chi connectivity index (χ3v) is 5.25. The lowest BCUT2D eigenvalue weighted by atomic mass is 10.1. The van der Waals surface area contributed by atoms with Gasteiger partial charge in [-0.1, -0.05) is 6.92 Å². The summed E-state index contributed by atoms with van der Waals surface area (Å²) >= 11 is 0. The highest BCUT2D eigenvalue weighted by Gasteiger charge is 2.27. The zero-order chi connectivity index (χ0) is 22.0. The number of amides is 2. The van der Waals surface area contributed by atoms with Crippen LogP contribution in [0.15, 0.2) is 42.7 Å². The second-order valence-electron chi connectivity index (χ2n) is 8.13. The summed E-state index contributed by atoms with van der Waals surface area (Å²) in [4.78, 5) is 35.5. The molecular formula is C23H26N6O2. The van der Waals surface area contributed by atoms with E-state index in [-0.39, 0.29) is 24.7 Å². The summed E-state index contributed by atoms with van der Waals surface area (Å²) in [5.74, 6) is 1.26. The smallest absolute Gasteiger partial charge is 0.228 e. The molecule has 0 radical (unpaired) electrons. The Morgan fingerprint density at radius 1 is 1.10 bits per heavy atom. The quantitative estimate of drug-likeness (QED) is 0.686. The molecule has 8 nitrogen and oxygen atoms in total. The van der Waals surface area contributed by atoms with Crippen molar-refractivity contribution in [2.75, 3.05) is 16.8 Å². The van der Waals surface area contributed by atoms with Gasteiger partial charge in [0.05, 0.1) is 11.4 Å². The summed E-state index contributed by atoms with van der Waals surface area (Å²) in [6, 6.07) is 9.45. The van der Waals surface area contributed by atoms with Crippen molar-refractivity contribution in [2.24, 2.45) is 5.92 Å². The highest BCUT2D eigenvalue weighted by Crippen LogP contribution is 2.25. The molecule has 0 bridgehead atoms. The summed E-state index contributed by atoms with van der Waals surface area (Å²) in [5.41, 5.74) is 3.72. The standard InChI is InChI=1S/C23H26N6O2/c1-15-8-9-24-19(10-15)18-4-5-20(25-12-18)26-21(30)6-7-23(31)28-13-16(2)14-29-22(28)11-17(3)27-29/h4-5,8-12,16H,6-7,13-14H2,1-3H3,(H,25,26,30). The molecule has 0 spiro atoms. The van der Waals surface area contributed by atoms with Crippen molar-refractivity contribution in [3.8, 4) is 11.3 Å². The van der Waals surface area contributed by atoms with Crippen LogP contribution in [0.1, 0.15) is 31.0 Å². The maximum atomic E-state index is 12.8. The van der Waals surface area contributed by atoms with Crippen LogP contribution >= 0.6 is 0 Å². The first-order valence-electron chi connectivity index (χ1n) is 10.4. The minimum Gasteiger partial charge on any atom is -0.311 e. The van der Waals surface area contributed by atoms with Crippen LogP contribution in [0.25, 0.3) is 11.3 Å². The number of rotatable bonds is 5. The van der Waals surface area contributed by atoms with E-state index in [1.807, 2.05) is 42.8 Å². The third-order valence-electron chi connectivity index (χ3n) is 5.25. The highest BCUT2D eigenvalue weighted by atomic mass is 16.2. The van der Waals surface area contributed by atoms with Gasteiger partial charge in [-0.15, -0.1) is 0 Å². The van der Waals surface area contributed by atoms with Crippen molar-refractivity contribution in [3.63, 3.8) is 0 Å². The number of hydrogen-bond acceptors (Lipinski definition) is 5. The first-order valence-corrected chi connectivity index (χ1v) is 10.4. The topological polar surface area (TPSA) is 93.0 Å². The number of hydrogen-bond donors (Lipinski definition) is 1. The van der Waals surface area contributed by atoms with Crippen molar-refractivity contribution in [2.45, 2.75) is 40.2 Å². The monoisotopic (exact) mass is 418 g/mol. The van der Waals surface area contributed by atoms with Crippen LogP contribution in [0.4, 0.5) is 11.6 Å². The number of fused-ring (bicyclic) bond motifs is 1. The van der Waals surface area contributed by atoms with Crippen LogP contribution in [-0.4, -0.2) is 38.1 Å². The van der Waals surface area contributed by atoms with Crippen molar-refractivity contribution >= 4 is 23.5 Å². The van der Waals surface area contributed by atoms with E-state index in [2.05, 4.69) is 27.3 Å². The van der Waals surface area contributed by atoms with Gasteiger partial charge in [-0.05, 0) is 49.6 Å². The normalized spacial score (nSPS) is 15.5. The fourth-order valence-corrected chi connectivity index (χ4v) is 3.75. The van der Waals surface area contributed by atoms with Crippen LogP contribution in [0.5, 0.6) is 0 Å². The van der Waals surface area contributed by atoms with Crippen LogP contribution in [0, 0.1) is 19.8 Å². The van der Waals surface area contributed by atoms with Gasteiger partial charge in [0.1, 0.15) is 11.6 Å². The van der Waals surface area contributed by atoms with Gasteiger partial charge in [-0.3, -0.25) is 19.5 Å². The van der Waals surface area contributed by atoms with Crippen LogP contribution in [0.3, 0.4) is 0 Å². The molecule has 3 aromatic heterocycles. The minimum atomic E-state index is -0.239. The number of carbonyl (C=O) groups excluding carboxylic acids is 2. The van der Waals surface area contributed by atoms with Crippen molar-refractivity contribution in [1.82, 2.24) is 19.7 Å². The summed E-state index contributed by atoms with van der Waals surface area (Å²) in [6.45, 7) is 7.46. The molecule has 2 amide bonds. The lowest BCUT2D eigenvalue weighted by molar-refractivity contribution is -0.122. The molecule has 1 aliphatic rings. The first-order chi connectivity index (χ1) is 14.9. The summed E-state index contributed by atoms with van der Waals surface area (Å²) < 4.78 is 1.87. The molecule has 160 valence electrons. The molecule has 31 heavy (non-hydrogen) atoms. The van der Waals surface area contributed by atoms with E-state index in [0.717, 1.165) is 34.9 Å². The van der Waals surface area contributed by atoms with Gasteiger partial charge in [0.15, 0.2) is 0 Å². The Bertz CT molecular complexity index is 1110. The Labute approximate surface area is 181 Å². The van der Waals surface area contributed by atoms with E-state index >= 15 is 0 Å². The molecule has 4 heterocycles. The number of aryl methyl sites for hydroxylation is 2. The van der Waals surface area contributed by atoms with Gasteiger partial charge in [0, 0.05) is 50.0 Å². The Morgan fingerprint density at radius 3 is 2.68 bits per heavy atom. The molecule has 3 aromatic rings. The van der Waals surface area contributed by atoms with E-state index in [9.17, 15) is 9.59 Å². The number of carbonyl (C=O) groups is 2. The third kappa shape index (κ3) is 4.79. The largest absolute Gasteiger partial charge is 0.311 e. The van der Waals surface area contributed by atoms with Gasteiger partial charge in [0.2, 0.25) is 11.8 Å². The van der Waals surface area contributed by atoms with Crippen LogP contribution < -0.4 is 10.2 Å². The number of aromatic nitrogens is 4. The Balaban J connectivity index is 1.34. The zero-order valence-electron chi connectivity index (χ0n) is 18.0. The van der Waals surface area contributed by atoms with E-state index in [1.54, 1.807) is 23.4 Å². The molecule has 0 aliphatic carbocycles. The molecule has 4 rings (SSSR count). The van der Waals surface area contributed by atoms with Gasteiger partial charge >= 0.3 is 0 Å². The highest BCUT2D eigenvalue weighted by molar-refractivity contribution is 5.97. The fraction of sp³-hybridized carbons (Fsp3) is 0.348. The molecule has 0 aromatic carbocycles. The van der Waals surface area contributed by atoms with E-state index in [1.165, 1.54) is 0 Å². The molecular weight excluding hydrogens is 392 g/mol. The van der Waals surface area contributed by atoms with Gasteiger partial charge in [-0.25, -0.2) is 9.67 Å². The molecule has 1 unspecified atom stereocenters. The first kappa shape index (κ1) is 20.7. The summed E-state index contributed by atoms with van der Waals surface area (Å²) in [5, 5.41) is 7.21. The molecule has 0 fully saturated rings. The predicted molar refractivity (Wildman–Crippen MR) is 119 cm³/mol. The molecule has 1 atom stereocenters. The second-order valence-corrected chi connectivity index (χ2v) is 8.13. The number of pyridine rings is 2. The SMILES string of the molecule is Cc1ccnc(-c2ccc(NC(=O)CCC(=O)N3CC(C)Cn4nc(C)cc43)nc2)c1. The molecule has 0 saturated heterocycles. The average Bonchev–Trinajstić information content (AvgIpc) is 3.11. The molecule has 1 N–H and O–H groups in total. The van der Waals surface area contributed by atoms with Crippen molar-refractivity contribution in [3.05, 3.63) is 54.0 Å². The fourth-order valence-electron chi connectivity index (χ4n) is 3.75. The second kappa shape index (κ2) is 8.67. The lowest BCUT2D eigenvalue weighted by Crippen LogP contribution is -2.41. The summed E-state index contributed by atoms with van der Waals surface area (Å²) in [6.07, 6.45) is 3.67. The predicted octanol–water partition coefficient (Wildman–Crippen LogP) is 3.36. The maximum Gasteiger partial charge on any atom is 0.228 e. The van der Waals surface area contributed by atoms with E-state index in [4.69, 9.17) is 0 Å². The number of nitrogens with one attached hydrogen (secondary N) is 1. The Hall–Kier alpha value is -3.55. The molecule has 0 saturated carbocycles. The van der Waals surface area contributed by atoms with Crippen molar-refractivity contribution in [1.29, 1.82) is 0 Å². The Morgan fingerprint density at radius 2 is 1.94 bits per heavy atom. The van der Waals surface area contributed by atoms with Gasteiger partial charge in [-0.2, -0.15) is 5.10 Å². The Kier molecular flexibility index (Phi) is 5.79. The molecule has 8 heteroatoms. The zero-order valence-corrected chi connectivity index (χ0v) is 18.0. The summed E-state index contributed by atoms with van der Waals surface area (Å²) in [7, 11) is 0. The lowest BCUT2D eigenvalue weighted by Gasteiger charge is -2.31. The number of anilines is 2. The maximum absolute atomic E-state index is 12.8. The molecule has 1 aliphatic heterocycles. The van der Waals surface area contributed by atoms with Gasteiger partial charge in [0.25, 0.3) is 0 Å². The van der Waals surface area contributed by atoms with E-state index < -0.39 is 0 Å². The van der Waals surface area contributed by atoms with E-state index in [0.29, 0.717) is 18.3 Å². The van der Waals surface area contributed by atoms with Crippen LogP contribution in [0.2, 0.25) is 0 Å². The van der Waals surface area contributed by atoms with Gasteiger partial charge < -0.3 is 5.32 Å². The average molecular weight is 419 g/mol. The number of nitrogens with zero attached hydrogens (tertiary/aromatic N) is 5. The van der Waals surface area contributed by atoms with Crippen molar-refractivity contribution < 1.29 is 9.59 Å². The van der Waals surface area contributed by atoms with Crippen LogP contribution in [-0.2, 0) is 16.1 Å². The minimum absolute atomic E-state index is 0.0725.